The van der Waals surface area contributed by atoms with E-state index in [-0.39, 0.29) is 16.7 Å². The summed E-state index contributed by atoms with van der Waals surface area (Å²) in [6, 6.07) is 9.42. The highest BCUT2D eigenvalue weighted by Gasteiger charge is 2.12. The van der Waals surface area contributed by atoms with Crippen LogP contribution >= 0.6 is 0 Å². The number of hydrogen-bond acceptors (Lipinski definition) is 4. The third kappa shape index (κ3) is 3.71. The minimum atomic E-state index is -3.73. The lowest BCUT2D eigenvalue weighted by atomic mass is 10.1. The molecular formula is C14H15FN2O3S. The quantitative estimate of drug-likeness (QED) is 0.808. The average molecular weight is 310 g/mol. The van der Waals surface area contributed by atoms with Crippen molar-refractivity contribution in [3.8, 4) is 5.75 Å². The fourth-order valence-corrected chi connectivity index (χ4v) is 2.45. The summed E-state index contributed by atoms with van der Waals surface area (Å²) in [4.78, 5) is 0.0107. The van der Waals surface area contributed by atoms with Crippen LogP contribution in [0.4, 0.5) is 10.1 Å². The van der Waals surface area contributed by atoms with E-state index in [1.54, 1.807) is 19.1 Å². The largest absolute Gasteiger partial charge is 0.508 e. The van der Waals surface area contributed by atoms with E-state index >= 15 is 0 Å². The first kappa shape index (κ1) is 15.3. The van der Waals surface area contributed by atoms with E-state index in [2.05, 4.69) is 5.32 Å². The normalized spacial score (nSPS) is 12.9. The summed E-state index contributed by atoms with van der Waals surface area (Å²) in [5.41, 5.74) is 1.02. The van der Waals surface area contributed by atoms with E-state index < -0.39 is 15.8 Å². The predicted molar refractivity (Wildman–Crippen MR) is 77.9 cm³/mol. The molecule has 2 aromatic rings. The smallest absolute Gasteiger partial charge is 0.238 e. The van der Waals surface area contributed by atoms with Gasteiger partial charge < -0.3 is 10.4 Å². The van der Waals surface area contributed by atoms with Crippen LogP contribution in [-0.4, -0.2) is 13.5 Å². The number of sulfonamides is 1. The number of hydrogen-bond donors (Lipinski definition) is 3. The standard InChI is InChI=1S/C14H15FN2O3S/c1-9(13-7-4-11(18)8-14(13)15)17-10-2-5-12(6-3-10)21(16,19)20/h2-9,17-18H,1H3,(H2,16,19,20). The molecule has 0 aromatic heterocycles. The number of nitrogens with one attached hydrogen (secondary N) is 1. The summed E-state index contributed by atoms with van der Waals surface area (Å²) in [7, 11) is -3.73. The first-order chi connectivity index (χ1) is 9.77. The number of benzene rings is 2. The van der Waals surface area contributed by atoms with Crippen molar-refractivity contribution in [2.75, 3.05) is 5.32 Å². The molecule has 7 heteroatoms. The average Bonchev–Trinajstić information content (AvgIpc) is 2.38. The van der Waals surface area contributed by atoms with Gasteiger partial charge in [0.15, 0.2) is 0 Å². The summed E-state index contributed by atoms with van der Waals surface area (Å²) in [5.74, 6) is -0.655. The molecule has 112 valence electrons. The van der Waals surface area contributed by atoms with Gasteiger partial charge in [0.05, 0.1) is 10.9 Å². The number of rotatable bonds is 4. The Kier molecular flexibility index (Phi) is 4.15. The molecule has 0 saturated heterocycles. The molecular weight excluding hydrogens is 295 g/mol. The lowest BCUT2D eigenvalue weighted by Crippen LogP contribution is -2.12. The van der Waals surface area contributed by atoms with Crippen molar-refractivity contribution in [3.05, 3.63) is 53.8 Å². The van der Waals surface area contributed by atoms with Crippen LogP contribution in [0.5, 0.6) is 5.75 Å². The fourth-order valence-electron chi connectivity index (χ4n) is 1.94. The molecule has 0 aliphatic carbocycles. The Morgan fingerprint density at radius 2 is 1.81 bits per heavy atom. The Hall–Kier alpha value is -2.12. The van der Waals surface area contributed by atoms with Crippen LogP contribution in [0.15, 0.2) is 47.4 Å². The van der Waals surface area contributed by atoms with Gasteiger partial charge in [-0.2, -0.15) is 0 Å². The fraction of sp³-hybridized carbons (Fsp3) is 0.143. The van der Waals surface area contributed by atoms with Crippen LogP contribution in [0, 0.1) is 5.82 Å². The number of phenols is 1. The van der Waals surface area contributed by atoms with Crippen LogP contribution in [-0.2, 0) is 10.0 Å². The molecule has 0 saturated carbocycles. The molecule has 0 fully saturated rings. The summed E-state index contributed by atoms with van der Waals surface area (Å²) in [6.45, 7) is 1.75. The summed E-state index contributed by atoms with van der Waals surface area (Å²) >= 11 is 0. The van der Waals surface area contributed by atoms with Crippen LogP contribution in [0.2, 0.25) is 0 Å². The van der Waals surface area contributed by atoms with Gasteiger partial charge in [-0.1, -0.05) is 6.07 Å². The minimum absolute atomic E-state index is 0.0107. The minimum Gasteiger partial charge on any atom is -0.508 e. The van der Waals surface area contributed by atoms with E-state index in [9.17, 15) is 17.9 Å². The summed E-state index contributed by atoms with van der Waals surface area (Å²) in [5, 5.41) is 17.2. The van der Waals surface area contributed by atoms with Crippen molar-refractivity contribution in [2.45, 2.75) is 17.9 Å². The van der Waals surface area contributed by atoms with Crippen LogP contribution in [0.1, 0.15) is 18.5 Å². The van der Waals surface area contributed by atoms with Crippen LogP contribution in [0.25, 0.3) is 0 Å². The van der Waals surface area contributed by atoms with Gasteiger partial charge in [0.1, 0.15) is 11.6 Å². The van der Waals surface area contributed by atoms with Gasteiger partial charge in [-0.25, -0.2) is 17.9 Å². The molecule has 0 bridgehead atoms. The van der Waals surface area contributed by atoms with Gasteiger partial charge in [0.2, 0.25) is 10.0 Å². The highest BCUT2D eigenvalue weighted by atomic mass is 32.2. The zero-order valence-corrected chi connectivity index (χ0v) is 12.1. The molecule has 1 atom stereocenters. The number of nitrogens with two attached hydrogens (primary N) is 1. The van der Waals surface area contributed by atoms with Gasteiger partial charge in [0, 0.05) is 17.3 Å². The monoisotopic (exact) mass is 310 g/mol. The highest BCUT2D eigenvalue weighted by molar-refractivity contribution is 7.89. The van der Waals surface area contributed by atoms with Gasteiger partial charge in [-0.05, 0) is 37.3 Å². The molecule has 2 aromatic carbocycles. The first-order valence-electron chi connectivity index (χ1n) is 6.15. The van der Waals surface area contributed by atoms with Crippen molar-refractivity contribution >= 4 is 15.7 Å². The number of aromatic hydroxyl groups is 1. The Labute approximate surface area is 122 Å². The lowest BCUT2D eigenvalue weighted by Gasteiger charge is -2.16. The molecule has 0 amide bonds. The topological polar surface area (TPSA) is 92.4 Å². The predicted octanol–water partition coefficient (Wildman–Crippen LogP) is 2.35. The lowest BCUT2D eigenvalue weighted by molar-refractivity contribution is 0.467. The maximum absolute atomic E-state index is 13.7. The van der Waals surface area contributed by atoms with Crippen molar-refractivity contribution in [1.29, 1.82) is 0 Å². The molecule has 0 aliphatic rings. The summed E-state index contributed by atoms with van der Waals surface area (Å²) < 4.78 is 36.0. The molecule has 0 radical (unpaired) electrons. The first-order valence-corrected chi connectivity index (χ1v) is 7.70. The van der Waals surface area contributed by atoms with E-state index in [1.165, 1.54) is 24.3 Å². The van der Waals surface area contributed by atoms with Gasteiger partial charge in [-0.3, -0.25) is 0 Å². The molecule has 0 spiro atoms. The number of phenolic OH excluding ortho intramolecular Hbond substituents is 1. The molecule has 0 heterocycles. The molecule has 1 unspecified atom stereocenters. The second-order valence-corrected chi connectivity index (χ2v) is 6.20. The Morgan fingerprint density at radius 3 is 2.33 bits per heavy atom. The van der Waals surface area contributed by atoms with Gasteiger partial charge in [0.25, 0.3) is 0 Å². The highest BCUT2D eigenvalue weighted by Crippen LogP contribution is 2.24. The number of halogens is 1. The van der Waals surface area contributed by atoms with Crippen molar-refractivity contribution in [1.82, 2.24) is 0 Å². The number of primary sulfonamides is 1. The van der Waals surface area contributed by atoms with E-state index in [0.717, 1.165) is 6.07 Å². The van der Waals surface area contributed by atoms with Crippen molar-refractivity contribution in [2.24, 2.45) is 5.14 Å². The van der Waals surface area contributed by atoms with E-state index in [4.69, 9.17) is 5.14 Å². The third-order valence-corrected chi connectivity index (χ3v) is 3.95. The Bertz CT molecular complexity index is 745. The van der Waals surface area contributed by atoms with Crippen molar-refractivity contribution < 1.29 is 17.9 Å². The Morgan fingerprint density at radius 1 is 1.19 bits per heavy atom. The van der Waals surface area contributed by atoms with Crippen LogP contribution < -0.4 is 10.5 Å². The summed E-state index contributed by atoms with van der Waals surface area (Å²) in [6.07, 6.45) is 0. The second-order valence-electron chi connectivity index (χ2n) is 4.64. The molecule has 0 aliphatic heterocycles. The molecule has 5 nitrogen and oxygen atoms in total. The Balaban J connectivity index is 2.18. The van der Waals surface area contributed by atoms with E-state index in [0.29, 0.717) is 11.3 Å². The zero-order chi connectivity index (χ0) is 15.6. The SMILES string of the molecule is CC(Nc1ccc(S(N)(=O)=O)cc1)c1ccc(O)cc1F. The third-order valence-electron chi connectivity index (χ3n) is 3.02. The molecule has 2 rings (SSSR count). The van der Waals surface area contributed by atoms with Crippen LogP contribution in [0.3, 0.4) is 0 Å². The number of anilines is 1. The van der Waals surface area contributed by atoms with E-state index in [1.807, 2.05) is 0 Å². The second kappa shape index (κ2) is 5.71. The molecule has 21 heavy (non-hydrogen) atoms. The maximum Gasteiger partial charge on any atom is 0.238 e. The van der Waals surface area contributed by atoms with Gasteiger partial charge in [-0.15, -0.1) is 0 Å². The van der Waals surface area contributed by atoms with Gasteiger partial charge >= 0.3 is 0 Å². The molecule has 4 N–H and O–H groups in total. The zero-order valence-electron chi connectivity index (χ0n) is 11.2. The van der Waals surface area contributed by atoms with Crippen molar-refractivity contribution in [3.63, 3.8) is 0 Å². The maximum atomic E-state index is 13.7.